The number of ether oxygens (including phenoxy) is 7. The van der Waals surface area contributed by atoms with Crippen molar-refractivity contribution in [2.45, 2.75) is 54.6 Å². The zero-order valence-electron chi connectivity index (χ0n) is 42.4. The third-order valence-corrected chi connectivity index (χ3v) is 16.2. The zero-order chi connectivity index (χ0) is 61.7. The van der Waals surface area contributed by atoms with Crippen molar-refractivity contribution in [2.75, 3.05) is 6.61 Å². The number of phenols is 16. The van der Waals surface area contributed by atoms with Crippen LogP contribution in [0.5, 0.6) is 103 Å². The Morgan fingerprint density at radius 2 is 0.942 bits per heavy atom. The monoisotopic (exact) mass is 1190 g/mol. The molecule has 31 heteroatoms. The molecule has 2 unspecified atom stereocenters. The van der Waals surface area contributed by atoms with Crippen molar-refractivity contribution in [1.82, 2.24) is 0 Å². The third kappa shape index (κ3) is 6.80. The van der Waals surface area contributed by atoms with Gasteiger partial charge in [-0.2, -0.15) is 0 Å². The third-order valence-electron chi connectivity index (χ3n) is 16.2. The first-order valence-corrected chi connectivity index (χ1v) is 24.9. The number of fused-ring (bicyclic) bond motifs is 10. The van der Waals surface area contributed by atoms with E-state index >= 15 is 24.0 Å². The molecule has 0 amide bonds. The first-order valence-electron chi connectivity index (χ1n) is 24.9. The number of aliphatic hydroxyl groups is 2. The van der Waals surface area contributed by atoms with Gasteiger partial charge in [-0.1, -0.05) is 0 Å². The lowest BCUT2D eigenvalue weighted by molar-refractivity contribution is -0.200. The Kier molecular flexibility index (Phi) is 11.0. The van der Waals surface area contributed by atoms with Gasteiger partial charge in [-0.3, -0.25) is 9.59 Å². The fourth-order valence-electron chi connectivity index (χ4n) is 12.4. The van der Waals surface area contributed by atoms with E-state index in [1.165, 1.54) is 0 Å². The predicted molar refractivity (Wildman–Crippen MR) is 268 cm³/mol. The van der Waals surface area contributed by atoms with Gasteiger partial charge in [-0.25, -0.2) is 19.2 Å². The maximum absolute atomic E-state index is 15.8. The summed E-state index contributed by atoms with van der Waals surface area (Å²) in [5.74, 6) is -41.3. The number of carbonyl (C=O) groups is 6. The average molecular weight is 1190 g/mol. The molecule has 1 aliphatic carbocycles. The minimum Gasteiger partial charge on any atom is -0.507 e. The highest BCUT2D eigenvalue weighted by molar-refractivity contribution is 6.22. The molecular weight excluding hydrogens is 1160 g/mol. The second kappa shape index (κ2) is 17.6. The molecule has 86 heavy (non-hydrogen) atoms. The van der Waals surface area contributed by atoms with Gasteiger partial charge in [-0.15, -0.1) is 0 Å². The van der Waals surface area contributed by atoms with E-state index in [-0.39, 0.29) is 11.1 Å². The van der Waals surface area contributed by atoms with Gasteiger partial charge in [0.25, 0.3) is 0 Å². The van der Waals surface area contributed by atoms with Gasteiger partial charge in [-0.05, 0) is 30.3 Å². The van der Waals surface area contributed by atoms with E-state index in [0.717, 1.165) is 18.2 Å². The smallest absolute Gasteiger partial charge is 0.340 e. The van der Waals surface area contributed by atoms with E-state index in [0.29, 0.717) is 18.2 Å². The molecule has 6 bridgehead atoms. The molecule has 7 aliphatic heterocycles. The van der Waals surface area contributed by atoms with Crippen LogP contribution in [-0.4, -0.2) is 170 Å². The van der Waals surface area contributed by atoms with E-state index in [1.54, 1.807) is 0 Å². The summed E-state index contributed by atoms with van der Waals surface area (Å²) in [5, 5.41) is 202. The van der Waals surface area contributed by atoms with Gasteiger partial charge >= 0.3 is 29.8 Å². The van der Waals surface area contributed by atoms with Crippen molar-refractivity contribution in [1.29, 1.82) is 0 Å². The molecule has 6 aromatic carbocycles. The molecule has 442 valence electrons. The second-order valence-electron chi connectivity index (χ2n) is 20.6. The molecule has 7 heterocycles. The number of phenolic OH excluding ortho intramolecular Hbond substituents is 16. The van der Waals surface area contributed by atoms with Crippen molar-refractivity contribution in [3.05, 3.63) is 86.7 Å². The summed E-state index contributed by atoms with van der Waals surface area (Å²) in [6.07, 6.45) is -15.4. The molecule has 0 radical (unpaired) electrons. The van der Waals surface area contributed by atoms with Gasteiger partial charge in [0, 0.05) is 62.6 Å². The molecular formula is C55H36O31. The number of aromatic hydroxyl groups is 16. The number of rotatable bonds is 1. The number of hydrogen-bond acceptors (Lipinski definition) is 31. The fraction of sp³-hybridized carbons (Fsp3) is 0.200. The number of hydrogen-bond donors (Lipinski definition) is 18. The highest BCUT2D eigenvalue weighted by Gasteiger charge is 2.76. The second-order valence-corrected chi connectivity index (χ2v) is 20.6. The van der Waals surface area contributed by atoms with Gasteiger partial charge < -0.3 is 125 Å². The number of benzene rings is 6. The molecule has 31 nitrogen and oxygen atoms in total. The summed E-state index contributed by atoms with van der Waals surface area (Å²) in [7, 11) is 0. The highest BCUT2D eigenvalue weighted by Crippen LogP contribution is 2.68. The predicted octanol–water partition coefficient (Wildman–Crippen LogP) is 2.13. The molecule has 1 saturated heterocycles. The van der Waals surface area contributed by atoms with Crippen LogP contribution in [0.25, 0.3) is 27.8 Å². The molecule has 0 saturated carbocycles. The lowest BCUT2D eigenvalue weighted by Crippen LogP contribution is -2.65. The number of Topliss-reactive ketones (excluding diaryl/α,β-unsaturated/α-hetero) is 1. The summed E-state index contributed by atoms with van der Waals surface area (Å²) in [6, 6.07) is 3.55. The summed E-state index contributed by atoms with van der Waals surface area (Å²) < 4.78 is 42.6. The molecule has 1 fully saturated rings. The van der Waals surface area contributed by atoms with Crippen molar-refractivity contribution in [3.63, 3.8) is 0 Å². The Hall–Kier alpha value is -11.8. The van der Waals surface area contributed by atoms with E-state index in [9.17, 15) is 96.7 Å². The van der Waals surface area contributed by atoms with E-state index in [1.807, 2.05) is 0 Å². The summed E-state index contributed by atoms with van der Waals surface area (Å²) >= 11 is 0. The Bertz CT molecular complexity index is 4270. The topological polar surface area (TPSA) is 531 Å². The van der Waals surface area contributed by atoms with Crippen LogP contribution in [0, 0.1) is 5.92 Å². The molecule has 9 atom stereocenters. The number of esters is 5. The SMILES string of the molecule is O=C1OC[C@H]2OC(=O)c3cc(O)c(O)c(O)c3-c3c(O)c(O)c(O)c4c3C(=O)O[C@H]([C@H]3OC(=O)C5C4=C(O)C(=O)C54Oc5cc(O)c6c(c5[C@H]34)O[C@H](c3cc(O)c(O)c(O)c3)[C@@H](O)C6)[C@@H]2OC(=O)c2cc(O)c(O)c(O)c2-c2c1cc(O)c(O)c2O. The maximum Gasteiger partial charge on any atom is 0.340 e. The molecule has 8 aliphatic rings. The van der Waals surface area contributed by atoms with Crippen LogP contribution >= 0.6 is 0 Å². The van der Waals surface area contributed by atoms with Crippen LogP contribution in [0.4, 0.5) is 0 Å². The Balaban J connectivity index is 1.15. The van der Waals surface area contributed by atoms with Crippen molar-refractivity contribution < 1.29 is 154 Å². The maximum atomic E-state index is 15.8. The number of cyclic esters (lactones) is 1. The lowest BCUT2D eigenvalue weighted by atomic mass is 9.66. The summed E-state index contributed by atoms with van der Waals surface area (Å²) in [5.41, 5.74) is -17.2. The van der Waals surface area contributed by atoms with Crippen LogP contribution in [-0.2, 0) is 39.7 Å². The Morgan fingerprint density at radius 1 is 0.442 bits per heavy atom. The first kappa shape index (κ1) is 53.5. The molecule has 1 spiro atoms. The molecule has 18 N–H and O–H groups in total. The normalized spacial score (nSPS) is 24.9. The van der Waals surface area contributed by atoms with Crippen LogP contribution in [0.3, 0.4) is 0 Å². The molecule has 6 aromatic rings. The van der Waals surface area contributed by atoms with E-state index < -0.39 is 273 Å². The molecule has 14 rings (SSSR count). The van der Waals surface area contributed by atoms with Gasteiger partial charge in [0.05, 0.1) is 34.3 Å². The van der Waals surface area contributed by atoms with Gasteiger partial charge in [0.2, 0.25) is 34.4 Å². The van der Waals surface area contributed by atoms with E-state index in [4.69, 9.17) is 33.2 Å². The van der Waals surface area contributed by atoms with Crippen LogP contribution in [0.2, 0.25) is 0 Å². The van der Waals surface area contributed by atoms with Crippen LogP contribution in [0.1, 0.15) is 75.7 Å². The van der Waals surface area contributed by atoms with Gasteiger partial charge in [0.1, 0.15) is 29.8 Å². The minimum atomic E-state index is -3.18. The summed E-state index contributed by atoms with van der Waals surface area (Å²) in [6.45, 7) is -1.59. The summed E-state index contributed by atoms with van der Waals surface area (Å²) in [4.78, 5) is 91.8. The Labute approximate surface area is 473 Å². The first-order chi connectivity index (χ1) is 40.6. The zero-order valence-corrected chi connectivity index (χ0v) is 42.4. The Morgan fingerprint density at radius 3 is 1.52 bits per heavy atom. The number of carbonyl (C=O) groups excluding carboxylic acids is 6. The highest BCUT2D eigenvalue weighted by atomic mass is 16.6. The minimum absolute atomic E-state index is 0.286. The number of ketones is 1. The van der Waals surface area contributed by atoms with Crippen molar-refractivity contribution in [3.8, 4) is 126 Å². The van der Waals surface area contributed by atoms with Gasteiger partial charge in [0.15, 0.2) is 99.5 Å². The van der Waals surface area contributed by atoms with Crippen molar-refractivity contribution in [2.24, 2.45) is 5.92 Å². The largest absolute Gasteiger partial charge is 0.507 e. The fourth-order valence-corrected chi connectivity index (χ4v) is 12.4. The average Bonchev–Trinajstić information content (AvgIpc) is 1.49. The molecule has 0 aromatic heterocycles. The van der Waals surface area contributed by atoms with Crippen LogP contribution in [0.15, 0.2) is 42.2 Å². The van der Waals surface area contributed by atoms with Crippen molar-refractivity contribution >= 4 is 41.2 Å². The van der Waals surface area contributed by atoms with Crippen LogP contribution < -0.4 is 9.47 Å². The number of aliphatic hydroxyl groups excluding tert-OH is 2. The quantitative estimate of drug-likeness (QED) is 0.0637. The standard InChI is InChI=1S/C55H36O31/c56-14-7-21-26(45-10(14)3-20(62)44(82-45)9-1-15(57)33(63)16(58)2-9)31-47-48-46-22(8-80-50(75)11-4-17(59)34(64)37(67)23(11)24-12(52(77)83-46)5-18(60)35(65)38(24)68)81-51(76)13-6-19(61)36(66)39(69)25(13)27-29(53(78)85-48)28(41(71)43(73)40(27)70)30-32(54(79)84-47)55(31,86-21)49(74)42(30)72/h1-2,4-7,20,22,31-32,44,46-48,56-73H,3,8H2/t20-,22+,31+,32?,44+,46+,47-,48-,55?/m0/s1. The lowest BCUT2D eigenvalue weighted by Gasteiger charge is -2.47. The van der Waals surface area contributed by atoms with E-state index in [2.05, 4.69) is 0 Å².